The van der Waals surface area contributed by atoms with Gasteiger partial charge in [0.25, 0.3) is 11.1 Å². The number of nitrogens with zero attached hydrogens (tertiary/aromatic N) is 6. The van der Waals surface area contributed by atoms with Crippen LogP contribution in [0.25, 0.3) is 21.8 Å². The van der Waals surface area contributed by atoms with E-state index in [1.54, 1.807) is 30.3 Å². The van der Waals surface area contributed by atoms with Gasteiger partial charge < -0.3 is 10.1 Å². The molecule has 0 spiro atoms. The summed E-state index contributed by atoms with van der Waals surface area (Å²) in [6, 6.07) is 15.6. The van der Waals surface area contributed by atoms with Crippen molar-refractivity contribution in [2.45, 2.75) is 25.1 Å². The van der Waals surface area contributed by atoms with Crippen LogP contribution >= 0.6 is 11.6 Å². The lowest BCUT2D eigenvalue weighted by atomic mass is 9.86. The molecule has 2 atom stereocenters. The summed E-state index contributed by atoms with van der Waals surface area (Å²) >= 11 is 6.30. The van der Waals surface area contributed by atoms with Gasteiger partial charge in [0.05, 0.1) is 40.7 Å². The minimum absolute atomic E-state index is 0.0874. The molecule has 0 saturated heterocycles. The van der Waals surface area contributed by atoms with Gasteiger partial charge in [0.15, 0.2) is 0 Å². The Balaban J connectivity index is 0.000000255. The summed E-state index contributed by atoms with van der Waals surface area (Å²) in [6.45, 7) is 1.23. The highest BCUT2D eigenvalue weighted by Crippen LogP contribution is 2.37. The first-order chi connectivity index (χ1) is 19.7. The highest BCUT2D eigenvalue weighted by atomic mass is 35.5. The molecule has 0 radical (unpaired) electrons. The van der Waals surface area contributed by atoms with Gasteiger partial charge >= 0.3 is 0 Å². The van der Waals surface area contributed by atoms with Gasteiger partial charge in [-0.05, 0) is 48.9 Å². The monoisotopic (exact) mass is 577 g/mol. The number of aliphatic hydroxyl groups is 1. The molecule has 2 unspecified atom stereocenters. The van der Waals surface area contributed by atoms with E-state index in [0.29, 0.717) is 17.0 Å². The maximum absolute atomic E-state index is 14.7. The Hall–Kier alpha value is -4.81. The minimum atomic E-state index is -2.04. The first-order valence-corrected chi connectivity index (χ1v) is 12.7. The van der Waals surface area contributed by atoms with Crippen LogP contribution < -0.4 is 11.1 Å². The van der Waals surface area contributed by atoms with Crippen molar-refractivity contribution in [3.05, 3.63) is 129 Å². The fourth-order valence-corrected chi connectivity index (χ4v) is 4.84. The van der Waals surface area contributed by atoms with E-state index in [0.717, 1.165) is 22.2 Å². The molecular formula is C28H22ClF2N7O3. The predicted molar refractivity (Wildman–Crippen MR) is 148 cm³/mol. The van der Waals surface area contributed by atoms with E-state index in [2.05, 4.69) is 25.0 Å². The minimum Gasteiger partial charge on any atom is -0.381 e. The number of fused-ring (bicyclic) bond motifs is 2. The maximum Gasteiger partial charge on any atom is 0.262 e. The molecule has 6 aromatic rings. The third-order valence-corrected chi connectivity index (χ3v) is 6.92. The largest absolute Gasteiger partial charge is 0.381 e. The quantitative estimate of drug-likeness (QED) is 0.296. The second-order valence-electron chi connectivity index (χ2n) is 9.14. The Morgan fingerprint density at radius 3 is 2.41 bits per heavy atom. The number of benzene rings is 3. The average molecular weight is 578 g/mol. The van der Waals surface area contributed by atoms with Crippen LogP contribution in [0.2, 0.25) is 5.28 Å². The van der Waals surface area contributed by atoms with Crippen LogP contribution in [0.5, 0.6) is 0 Å². The van der Waals surface area contributed by atoms with E-state index in [9.17, 15) is 23.5 Å². The Labute approximate surface area is 235 Å². The molecule has 0 aliphatic rings. The molecular weight excluding hydrogens is 556 g/mol. The molecule has 0 fully saturated rings. The van der Waals surface area contributed by atoms with E-state index in [1.807, 2.05) is 18.2 Å². The van der Waals surface area contributed by atoms with Crippen LogP contribution in [-0.2, 0) is 12.1 Å². The van der Waals surface area contributed by atoms with Gasteiger partial charge in [-0.2, -0.15) is 5.10 Å². The molecule has 208 valence electrons. The molecule has 0 aliphatic carbocycles. The topological polar surface area (TPSA) is 132 Å². The SMILES string of the molecule is CC(n1c(Cl)nc2ccccc2c1=O)C(O)(Cn1cncn1)c1ccc(F)cc1F.O=c1[nH]cnc2ccccc12. The van der Waals surface area contributed by atoms with Crippen LogP contribution in [-0.4, -0.2) is 39.4 Å². The molecule has 2 N–H and O–H groups in total. The fraction of sp³-hybridized carbons (Fsp3) is 0.143. The van der Waals surface area contributed by atoms with E-state index < -0.39 is 28.8 Å². The Kier molecular flexibility index (Phi) is 7.68. The number of rotatable bonds is 5. The van der Waals surface area contributed by atoms with E-state index in [1.165, 1.54) is 30.6 Å². The fourth-order valence-electron chi connectivity index (χ4n) is 4.53. The highest BCUT2D eigenvalue weighted by molar-refractivity contribution is 6.28. The van der Waals surface area contributed by atoms with Crippen molar-refractivity contribution in [3.8, 4) is 0 Å². The van der Waals surface area contributed by atoms with E-state index >= 15 is 0 Å². The molecule has 3 heterocycles. The van der Waals surface area contributed by atoms with Crippen molar-refractivity contribution < 1.29 is 13.9 Å². The molecule has 13 heteroatoms. The molecule has 3 aromatic carbocycles. The van der Waals surface area contributed by atoms with E-state index in [-0.39, 0.29) is 28.3 Å². The molecule has 0 bridgehead atoms. The summed E-state index contributed by atoms with van der Waals surface area (Å²) < 4.78 is 30.6. The Morgan fingerprint density at radius 2 is 1.73 bits per heavy atom. The van der Waals surface area contributed by atoms with Gasteiger partial charge in [-0.15, -0.1) is 0 Å². The number of nitrogens with one attached hydrogen (secondary N) is 1. The lowest BCUT2D eigenvalue weighted by Crippen LogP contribution is -2.44. The molecule has 0 saturated carbocycles. The first-order valence-electron chi connectivity index (χ1n) is 12.3. The smallest absolute Gasteiger partial charge is 0.262 e. The van der Waals surface area contributed by atoms with Crippen LogP contribution in [0.4, 0.5) is 8.78 Å². The summed E-state index contributed by atoms with van der Waals surface area (Å²) in [4.78, 5) is 38.8. The molecule has 10 nitrogen and oxygen atoms in total. The summed E-state index contributed by atoms with van der Waals surface area (Å²) in [5, 5.41) is 16.4. The van der Waals surface area contributed by atoms with Crippen LogP contribution in [0.1, 0.15) is 18.5 Å². The van der Waals surface area contributed by atoms with Gasteiger partial charge in [0.1, 0.15) is 29.9 Å². The van der Waals surface area contributed by atoms with Gasteiger partial charge in [0.2, 0.25) is 5.28 Å². The zero-order chi connectivity index (χ0) is 29.1. The number of H-pyrrole nitrogens is 1. The molecule has 3 aromatic heterocycles. The zero-order valence-corrected chi connectivity index (χ0v) is 22.2. The first kappa shape index (κ1) is 27.7. The van der Waals surface area contributed by atoms with Crippen molar-refractivity contribution >= 4 is 33.4 Å². The molecule has 0 amide bonds. The normalized spacial score (nSPS) is 13.4. The lowest BCUT2D eigenvalue weighted by Gasteiger charge is -2.36. The van der Waals surface area contributed by atoms with Crippen LogP contribution in [0.3, 0.4) is 0 Å². The second kappa shape index (κ2) is 11.4. The molecule has 0 aliphatic heterocycles. The highest BCUT2D eigenvalue weighted by Gasteiger charge is 2.41. The van der Waals surface area contributed by atoms with Crippen LogP contribution in [0, 0.1) is 11.6 Å². The van der Waals surface area contributed by atoms with Gasteiger partial charge in [-0.3, -0.25) is 14.2 Å². The van der Waals surface area contributed by atoms with Crippen molar-refractivity contribution in [2.75, 3.05) is 0 Å². The van der Waals surface area contributed by atoms with Crippen molar-refractivity contribution in [3.63, 3.8) is 0 Å². The molecule has 6 rings (SSSR count). The number of hydrogen-bond acceptors (Lipinski definition) is 7. The van der Waals surface area contributed by atoms with E-state index in [4.69, 9.17) is 11.6 Å². The summed E-state index contributed by atoms with van der Waals surface area (Å²) in [6.07, 6.45) is 4.00. The van der Waals surface area contributed by atoms with Gasteiger partial charge in [-0.1, -0.05) is 30.3 Å². The van der Waals surface area contributed by atoms with Gasteiger partial charge in [0, 0.05) is 11.6 Å². The number of para-hydroxylation sites is 2. The Morgan fingerprint density at radius 1 is 1.02 bits per heavy atom. The average Bonchev–Trinajstić information content (AvgIpc) is 3.46. The third-order valence-electron chi connectivity index (χ3n) is 6.66. The zero-order valence-electron chi connectivity index (χ0n) is 21.4. The second-order valence-corrected chi connectivity index (χ2v) is 9.48. The maximum atomic E-state index is 14.7. The number of aromatic nitrogens is 7. The lowest BCUT2D eigenvalue weighted by molar-refractivity contribution is -0.0342. The summed E-state index contributed by atoms with van der Waals surface area (Å²) in [7, 11) is 0. The standard InChI is InChI=1S/C20H16ClF2N5O2.C8H6N2O/c1-12(28-18(29)14-4-2-3-5-17(14)26-19(28)21)20(30,9-27-11-24-10-25-27)15-7-6-13(22)8-16(15)23;11-8-6-3-1-2-4-7(6)9-5-10-8/h2-8,10-12,30H,9H2,1H3;1-5H,(H,9,10,11). The predicted octanol–water partition coefficient (Wildman–Crippen LogP) is 3.99. The summed E-state index contributed by atoms with van der Waals surface area (Å²) in [5.74, 6) is -1.77. The molecule has 41 heavy (non-hydrogen) atoms. The van der Waals surface area contributed by atoms with Crippen molar-refractivity contribution in [1.82, 2.24) is 34.3 Å². The summed E-state index contributed by atoms with van der Waals surface area (Å²) in [5.41, 5.74) is -1.72. The van der Waals surface area contributed by atoms with Crippen molar-refractivity contribution in [1.29, 1.82) is 0 Å². The van der Waals surface area contributed by atoms with Gasteiger partial charge in [-0.25, -0.2) is 28.4 Å². The number of aromatic amines is 1. The number of hydrogen-bond donors (Lipinski definition) is 2. The van der Waals surface area contributed by atoms with Crippen molar-refractivity contribution in [2.24, 2.45) is 0 Å². The number of halogens is 3. The van der Waals surface area contributed by atoms with Crippen LogP contribution in [0.15, 0.2) is 95.3 Å². The third kappa shape index (κ3) is 5.47. The Bertz CT molecular complexity index is 1960.